The lowest BCUT2D eigenvalue weighted by Gasteiger charge is -2.20. The molecular weight excluding hydrogens is 440 g/mol. The lowest BCUT2D eigenvalue weighted by Crippen LogP contribution is -2.29. The van der Waals surface area contributed by atoms with Gasteiger partial charge in [-0.05, 0) is 24.3 Å². The number of nitrogens with zero attached hydrogens (tertiary/aromatic N) is 4. The summed E-state index contributed by atoms with van der Waals surface area (Å²) in [6, 6.07) is 9.79. The Morgan fingerprint density at radius 1 is 1.28 bits per heavy atom. The Kier molecular flexibility index (Phi) is 5.52. The van der Waals surface area contributed by atoms with Crippen LogP contribution in [0.1, 0.15) is 32.2 Å². The third kappa shape index (κ3) is 4.04. The van der Waals surface area contributed by atoms with Gasteiger partial charge in [0.15, 0.2) is 0 Å². The molecule has 1 heterocycles. The van der Waals surface area contributed by atoms with Crippen molar-refractivity contribution >= 4 is 38.7 Å². The van der Waals surface area contributed by atoms with Crippen LogP contribution in [0, 0.1) is 10.1 Å². The molecule has 0 N–H and O–H groups in total. The standard InChI is InChI=1S/C20H19BrN4O4/c1-20(2,3)19-23-15-9-8-13(21)10-14(15)18(26)24(19)22-11-12-6-5-7-16(25(27)28)17(12)29-4/h5-11H,1-4H3. The second kappa shape index (κ2) is 7.75. The summed E-state index contributed by atoms with van der Waals surface area (Å²) >= 11 is 3.37. The van der Waals surface area contributed by atoms with E-state index in [1.807, 2.05) is 26.8 Å². The Bertz CT molecular complexity index is 1200. The van der Waals surface area contributed by atoms with Gasteiger partial charge in [0.2, 0.25) is 5.75 Å². The molecular formula is C20H19BrN4O4. The molecule has 0 saturated carbocycles. The number of rotatable bonds is 4. The van der Waals surface area contributed by atoms with Crippen molar-refractivity contribution in [2.75, 3.05) is 7.11 Å². The highest BCUT2D eigenvalue weighted by Crippen LogP contribution is 2.29. The van der Waals surface area contributed by atoms with Crippen LogP contribution in [0.5, 0.6) is 5.75 Å². The molecule has 150 valence electrons. The Labute approximate surface area is 175 Å². The number of nitro groups is 1. The van der Waals surface area contributed by atoms with E-state index in [-0.39, 0.29) is 17.0 Å². The van der Waals surface area contributed by atoms with Crippen molar-refractivity contribution in [1.82, 2.24) is 9.66 Å². The van der Waals surface area contributed by atoms with Gasteiger partial charge in [-0.1, -0.05) is 42.8 Å². The molecule has 9 heteroatoms. The number of hydrogen-bond acceptors (Lipinski definition) is 6. The number of para-hydroxylation sites is 1. The lowest BCUT2D eigenvalue weighted by molar-refractivity contribution is -0.385. The van der Waals surface area contributed by atoms with Gasteiger partial charge >= 0.3 is 5.69 Å². The van der Waals surface area contributed by atoms with Crippen LogP contribution in [0.4, 0.5) is 5.69 Å². The van der Waals surface area contributed by atoms with Crippen LogP contribution in [-0.4, -0.2) is 27.9 Å². The van der Waals surface area contributed by atoms with E-state index in [0.29, 0.717) is 22.3 Å². The zero-order valence-electron chi connectivity index (χ0n) is 16.3. The van der Waals surface area contributed by atoms with Crippen molar-refractivity contribution in [2.24, 2.45) is 5.10 Å². The number of methoxy groups -OCH3 is 1. The predicted molar refractivity (Wildman–Crippen MR) is 115 cm³/mol. The van der Waals surface area contributed by atoms with Crippen molar-refractivity contribution in [3.63, 3.8) is 0 Å². The summed E-state index contributed by atoms with van der Waals surface area (Å²) in [5, 5.41) is 16.0. The number of nitro benzene ring substituents is 1. The van der Waals surface area contributed by atoms with Crippen LogP contribution in [-0.2, 0) is 5.41 Å². The van der Waals surface area contributed by atoms with Crippen molar-refractivity contribution in [2.45, 2.75) is 26.2 Å². The highest BCUT2D eigenvalue weighted by Gasteiger charge is 2.23. The van der Waals surface area contributed by atoms with Gasteiger partial charge in [-0.3, -0.25) is 14.9 Å². The number of ether oxygens (including phenoxy) is 1. The topological polar surface area (TPSA) is 99.6 Å². The van der Waals surface area contributed by atoms with Crippen LogP contribution in [0.2, 0.25) is 0 Å². The minimum atomic E-state index is -0.530. The van der Waals surface area contributed by atoms with Crippen molar-refractivity contribution in [3.8, 4) is 5.75 Å². The van der Waals surface area contributed by atoms with Gasteiger partial charge in [0.05, 0.1) is 29.2 Å². The average Bonchev–Trinajstić information content (AvgIpc) is 2.66. The minimum absolute atomic E-state index is 0.0723. The molecule has 3 rings (SSSR count). The lowest BCUT2D eigenvalue weighted by atomic mass is 9.95. The zero-order chi connectivity index (χ0) is 21.3. The second-order valence-electron chi connectivity index (χ2n) is 7.37. The number of aromatic nitrogens is 2. The van der Waals surface area contributed by atoms with Gasteiger partial charge in [0.1, 0.15) is 5.82 Å². The fourth-order valence-electron chi connectivity index (χ4n) is 2.87. The Morgan fingerprint density at radius 2 is 2.00 bits per heavy atom. The van der Waals surface area contributed by atoms with Gasteiger partial charge in [-0.2, -0.15) is 9.78 Å². The molecule has 0 bridgehead atoms. The average molecular weight is 459 g/mol. The maximum atomic E-state index is 13.1. The first-order valence-corrected chi connectivity index (χ1v) is 9.51. The Hall–Kier alpha value is -3.07. The fraction of sp³-hybridized carbons (Fsp3) is 0.250. The maximum absolute atomic E-state index is 13.1. The third-order valence-electron chi connectivity index (χ3n) is 4.22. The molecule has 0 spiro atoms. The largest absolute Gasteiger partial charge is 0.490 e. The molecule has 0 amide bonds. The monoisotopic (exact) mass is 458 g/mol. The van der Waals surface area contributed by atoms with E-state index in [4.69, 9.17) is 4.74 Å². The molecule has 29 heavy (non-hydrogen) atoms. The molecule has 0 radical (unpaired) electrons. The van der Waals surface area contributed by atoms with Gasteiger partial charge in [0, 0.05) is 21.5 Å². The number of halogens is 1. The van der Waals surface area contributed by atoms with Crippen LogP contribution < -0.4 is 10.3 Å². The number of hydrogen-bond donors (Lipinski definition) is 0. The maximum Gasteiger partial charge on any atom is 0.311 e. The van der Waals surface area contributed by atoms with Gasteiger partial charge in [-0.25, -0.2) is 4.98 Å². The van der Waals surface area contributed by atoms with Crippen LogP contribution in [0.15, 0.2) is 50.8 Å². The van der Waals surface area contributed by atoms with Gasteiger partial charge < -0.3 is 4.74 Å². The van der Waals surface area contributed by atoms with Crippen molar-refractivity contribution in [3.05, 3.63) is 72.7 Å². The number of benzene rings is 2. The fourth-order valence-corrected chi connectivity index (χ4v) is 3.23. The molecule has 0 fully saturated rings. The molecule has 0 atom stereocenters. The van der Waals surface area contributed by atoms with Gasteiger partial charge in [0.25, 0.3) is 5.56 Å². The summed E-state index contributed by atoms with van der Waals surface area (Å²) in [6.45, 7) is 5.79. The van der Waals surface area contributed by atoms with E-state index < -0.39 is 10.3 Å². The summed E-state index contributed by atoms with van der Waals surface area (Å²) in [4.78, 5) is 28.5. The quantitative estimate of drug-likeness (QED) is 0.330. The molecule has 2 aromatic carbocycles. The van der Waals surface area contributed by atoms with Crippen molar-refractivity contribution in [1.29, 1.82) is 0 Å². The molecule has 0 unspecified atom stereocenters. The predicted octanol–water partition coefficient (Wildman–Crippen LogP) is 4.26. The highest BCUT2D eigenvalue weighted by atomic mass is 79.9. The molecule has 0 aliphatic heterocycles. The Morgan fingerprint density at radius 3 is 2.62 bits per heavy atom. The second-order valence-corrected chi connectivity index (χ2v) is 8.28. The van der Waals surface area contributed by atoms with E-state index >= 15 is 0 Å². The van der Waals surface area contributed by atoms with E-state index in [1.165, 1.54) is 30.1 Å². The zero-order valence-corrected chi connectivity index (χ0v) is 17.9. The van der Waals surface area contributed by atoms with E-state index in [1.54, 1.807) is 18.2 Å². The first kappa shape index (κ1) is 20.7. The molecule has 0 saturated heterocycles. The molecule has 3 aromatic rings. The van der Waals surface area contributed by atoms with Crippen LogP contribution in [0.3, 0.4) is 0 Å². The molecule has 0 aliphatic carbocycles. The summed E-state index contributed by atoms with van der Waals surface area (Å²) in [7, 11) is 1.35. The minimum Gasteiger partial charge on any atom is -0.490 e. The molecule has 8 nitrogen and oxygen atoms in total. The smallest absolute Gasteiger partial charge is 0.311 e. The van der Waals surface area contributed by atoms with E-state index in [2.05, 4.69) is 26.0 Å². The van der Waals surface area contributed by atoms with Crippen LogP contribution >= 0.6 is 15.9 Å². The van der Waals surface area contributed by atoms with E-state index in [9.17, 15) is 14.9 Å². The van der Waals surface area contributed by atoms with Gasteiger partial charge in [-0.15, -0.1) is 0 Å². The van der Waals surface area contributed by atoms with E-state index in [0.717, 1.165) is 4.47 Å². The SMILES string of the molecule is COc1c(C=Nn2c(C(C)(C)C)nc3ccc(Br)cc3c2=O)cccc1[N+](=O)[O-]. The first-order valence-electron chi connectivity index (χ1n) is 8.72. The third-order valence-corrected chi connectivity index (χ3v) is 4.71. The Balaban J connectivity index is 2.25. The summed E-state index contributed by atoms with van der Waals surface area (Å²) < 4.78 is 7.18. The van der Waals surface area contributed by atoms with Crippen LogP contribution in [0.25, 0.3) is 10.9 Å². The molecule has 0 aliphatic rings. The normalized spacial score (nSPS) is 11.9. The first-order chi connectivity index (χ1) is 13.6. The number of fused-ring (bicyclic) bond motifs is 1. The summed E-state index contributed by atoms with van der Waals surface area (Å²) in [5.74, 6) is 0.543. The van der Waals surface area contributed by atoms with Crippen molar-refractivity contribution < 1.29 is 9.66 Å². The summed E-state index contributed by atoms with van der Waals surface area (Å²) in [5.41, 5.74) is -0.0301. The summed E-state index contributed by atoms with van der Waals surface area (Å²) in [6.07, 6.45) is 1.37. The molecule has 1 aromatic heterocycles. The highest BCUT2D eigenvalue weighted by molar-refractivity contribution is 9.10.